The van der Waals surface area contributed by atoms with E-state index in [0.29, 0.717) is 12.0 Å². The molecule has 0 heterocycles. The fourth-order valence-corrected chi connectivity index (χ4v) is 1.11. The molecule has 1 fully saturated rings. The Morgan fingerprint density at radius 1 is 1.50 bits per heavy atom. The van der Waals surface area contributed by atoms with Crippen LogP contribution in [0, 0.1) is 5.92 Å². The quantitative estimate of drug-likeness (QED) is 0.587. The minimum absolute atomic E-state index is 0.0586. The molecule has 0 aliphatic heterocycles. The van der Waals surface area contributed by atoms with Crippen molar-refractivity contribution >= 4 is 5.97 Å². The van der Waals surface area contributed by atoms with Crippen molar-refractivity contribution in [3.63, 3.8) is 0 Å². The first kappa shape index (κ1) is 12.9. The zero-order chi connectivity index (χ0) is 12.2. The molecule has 0 amide bonds. The zero-order valence-corrected chi connectivity index (χ0v) is 8.93. The van der Waals surface area contributed by atoms with E-state index in [1.165, 1.54) is 6.92 Å². The summed E-state index contributed by atoms with van der Waals surface area (Å²) in [6.45, 7) is 1.85. The molecule has 92 valence electrons. The fourth-order valence-electron chi connectivity index (χ4n) is 1.11. The Hall–Kier alpha value is -1.20. The summed E-state index contributed by atoms with van der Waals surface area (Å²) in [7, 11) is 0. The molecule has 3 nitrogen and oxygen atoms in total. The molecule has 0 unspecified atom stereocenters. The number of ether oxygens (including phenoxy) is 1. The van der Waals surface area contributed by atoms with Gasteiger partial charge in [-0.25, -0.2) is 4.79 Å². The van der Waals surface area contributed by atoms with Crippen LogP contribution in [0.2, 0.25) is 0 Å². The Labute approximate surface area is 91.6 Å². The second-order valence-corrected chi connectivity index (χ2v) is 3.63. The van der Waals surface area contributed by atoms with Crippen molar-refractivity contribution in [2.75, 3.05) is 13.2 Å². The van der Waals surface area contributed by atoms with Crippen LogP contribution in [0.3, 0.4) is 0 Å². The van der Waals surface area contributed by atoms with Crippen molar-refractivity contribution in [2.45, 2.75) is 25.9 Å². The molecule has 1 rings (SSSR count). The van der Waals surface area contributed by atoms with Gasteiger partial charge in [-0.2, -0.15) is 13.2 Å². The van der Waals surface area contributed by atoms with E-state index in [1.54, 1.807) is 0 Å². The molecule has 1 aliphatic rings. The average Bonchev–Trinajstić information content (AvgIpc) is 2.94. The van der Waals surface area contributed by atoms with Gasteiger partial charge in [0.15, 0.2) is 0 Å². The molecular weight excluding hydrogens is 223 g/mol. The van der Waals surface area contributed by atoms with Crippen LogP contribution in [0.4, 0.5) is 13.2 Å². The highest BCUT2D eigenvalue weighted by atomic mass is 19.4. The van der Waals surface area contributed by atoms with E-state index in [9.17, 15) is 18.0 Å². The topological polar surface area (TPSA) is 38.3 Å². The second-order valence-electron chi connectivity index (χ2n) is 3.63. The summed E-state index contributed by atoms with van der Waals surface area (Å²) >= 11 is 0. The first-order chi connectivity index (χ1) is 7.43. The van der Waals surface area contributed by atoms with E-state index in [2.05, 4.69) is 10.1 Å². The fraction of sp³-hybridized carbons (Fsp3) is 0.700. The van der Waals surface area contributed by atoms with E-state index < -0.39 is 17.8 Å². The van der Waals surface area contributed by atoms with Gasteiger partial charge in [0.2, 0.25) is 0 Å². The van der Waals surface area contributed by atoms with Crippen molar-refractivity contribution in [1.82, 2.24) is 5.32 Å². The molecule has 0 spiro atoms. The van der Waals surface area contributed by atoms with E-state index >= 15 is 0 Å². The lowest BCUT2D eigenvalue weighted by atomic mass is 10.3. The number of alkyl halides is 3. The van der Waals surface area contributed by atoms with Crippen LogP contribution in [0.25, 0.3) is 0 Å². The molecular formula is C10H14F3NO2. The molecule has 0 aromatic rings. The molecule has 6 heteroatoms. The van der Waals surface area contributed by atoms with Crippen molar-refractivity contribution in [3.8, 4) is 0 Å². The third-order valence-corrected chi connectivity index (χ3v) is 2.13. The minimum Gasteiger partial charge on any atom is -0.463 e. The lowest BCUT2D eigenvalue weighted by Crippen LogP contribution is -2.29. The summed E-state index contributed by atoms with van der Waals surface area (Å²) in [6, 6.07) is 0. The Morgan fingerprint density at radius 2 is 2.12 bits per heavy atom. The summed E-state index contributed by atoms with van der Waals surface area (Å²) in [5, 5.41) is 2.25. The van der Waals surface area contributed by atoms with Crippen LogP contribution in [-0.4, -0.2) is 25.3 Å². The number of allylic oxidation sites excluding steroid dienone is 1. The smallest absolute Gasteiger partial charge is 0.431 e. The molecule has 0 aromatic carbocycles. The molecule has 0 aromatic heterocycles. The number of halogens is 3. The number of hydrogen-bond donors (Lipinski definition) is 1. The number of carbonyl (C=O) groups excluding carboxylic acids is 1. The number of nitrogens with one attached hydrogen (secondary N) is 1. The highest BCUT2D eigenvalue weighted by molar-refractivity contribution is 5.82. The van der Waals surface area contributed by atoms with Gasteiger partial charge in [-0.3, -0.25) is 0 Å². The molecule has 0 bridgehead atoms. The summed E-state index contributed by atoms with van der Waals surface area (Å²) in [5.74, 6) is -0.675. The van der Waals surface area contributed by atoms with Crippen LogP contribution < -0.4 is 5.32 Å². The number of esters is 1. The van der Waals surface area contributed by atoms with Crippen LogP contribution in [0.5, 0.6) is 0 Å². The Bertz CT molecular complexity index is 282. The monoisotopic (exact) mass is 237 g/mol. The Kier molecular flexibility index (Phi) is 4.20. The molecule has 1 aliphatic carbocycles. The summed E-state index contributed by atoms with van der Waals surface area (Å²) < 4.78 is 41.8. The van der Waals surface area contributed by atoms with Gasteiger partial charge < -0.3 is 10.1 Å². The highest BCUT2D eigenvalue weighted by Crippen LogP contribution is 2.30. The maximum absolute atomic E-state index is 12.5. The molecule has 0 atom stereocenters. The van der Waals surface area contributed by atoms with Crippen molar-refractivity contribution in [3.05, 3.63) is 11.8 Å². The van der Waals surface area contributed by atoms with Crippen LogP contribution in [0.1, 0.15) is 19.8 Å². The number of carbonyl (C=O) groups is 1. The maximum Gasteiger partial charge on any atom is 0.431 e. The third-order valence-electron chi connectivity index (χ3n) is 2.13. The van der Waals surface area contributed by atoms with Gasteiger partial charge in [-0.05, 0) is 25.7 Å². The molecule has 0 saturated heterocycles. The minimum atomic E-state index is -4.54. The number of rotatable bonds is 5. The van der Waals surface area contributed by atoms with E-state index in [1.807, 2.05) is 0 Å². The van der Waals surface area contributed by atoms with Gasteiger partial charge >= 0.3 is 12.1 Å². The highest BCUT2D eigenvalue weighted by Gasteiger charge is 2.35. The molecule has 1 saturated carbocycles. The average molecular weight is 237 g/mol. The second kappa shape index (κ2) is 5.23. The van der Waals surface area contributed by atoms with Crippen LogP contribution in [-0.2, 0) is 9.53 Å². The van der Waals surface area contributed by atoms with Crippen LogP contribution >= 0.6 is 0 Å². The number of hydrogen-bond acceptors (Lipinski definition) is 3. The van der Waals surface area contributed by atoms with E-state index in [4.69, 9.17) is 0 Å². The first-order valence-electron chi connectivity index (χ1n) is 5.13. The van der Waals surface area contributed by atoms with Gasteiger partial charge in [-0.15, -0.1) is 0 Å². The van der Waals surface area contributed by atoms with Gasteiger partial charge in [-0.1, -0.05) is 0 Å². The van der Waals surface area contributed by atoms with Crippen molar-refractivity contribution in [1.29, 1.82) is 0 Å². The van der Waals surface area contributed by atoms with E-state index in [0.717, 1.165) is 12.8 Å². The third kappa shape index (κ3) is 4.55. The Morgan fingerprint density at radius 3 is 2.56 bits per heavy atom. The molecule has 0 radical (unpaired) electrons. The first-order valence-corrected chi connectivity index (χ1v) is 5.13. The largest absolute Gasteiger partial charge is 0.463 e. The predicted octanol–water partition coefficient (Wildman–Crippen LogP) is 2.00. The lowest BCUT2D eigenvalue weighted by Gasteiger charge is -2.13. The standard InChI is InChI=1S/C10H14F3NO2/c1-2-16-9(15)5-8(10(11,12)13)14-6-7-3-4-7/h5,7,14H,2-4,6H2,1H3/b8-5+. The van der Waals surface area contributed by atoms with Gasteiger partial charge in [0.1, 0.15) is 5.70 Å². The molecule has 16 heavy (non-hydrogen) atoms. The molecule has 1 N–H and O–H groups in total. The lowest BCUT2D eigenvalue weighted by molar-refractivity contribution is -0.138. The maximum atomic E-state index is 12.5. The van der Waals surface area contributed by atoms with E-state index in [-0.39, 0.29) is 13.2 Å². The summed E-state index contributed by atoms with van der Waals surface area (Å²) in [4.78, 5) is 10.9. The summed E-state index contributed by atoms with van der Waals surface area (Å²) in [5.41, 5.74) is -1.03. The van der Waals surface area contributed by atoms with Crippen molar-refractivity contribution in [2.24, 2.45) is 5.92 Å². The van der Waals surface area contributed by atoms with Gasteiger partial charge in [0, 0.05) is 6.54 Å². The SMILES string of the molecule is CCOC(=O)/C=C(/NCC1CC1)C(F)(F)F. The normalized spacial score (nSPS) is 17.1. The predicted molar refractivity (Wildman–Crippen MR) is 51.5 cm³/mol. The summed E-state index contributed by atoms with van der Waals surface area (Å²) in [6.07, 6.45) is -2.19. The van der Waals surface area contributed by atoms with Crippen LogP contribution in [0.15, 0.2) is 11.8 Å². The van der Waals surface area contributed by atoms with Gasteiger partial charge in [0.25, 0.3) is 0 Å². The van der Waals surface area contributed by atoms with Crippen molar-refractivity contribution < 1.29 is 22.7 Å². The van der Waals surface area contributed by atoms with Gasteiger partial charge in [0.05, 0.1) is 12.7 Å². The zero-order valence-electron chi connectivity index (χ0n) is 8.93. The Balaban J connectivity index is 2.57.